The second-order valence-corrected chi connectivity index (χ2v) is 2.73. The molecule has 0 aliphatic carbocycles. The molecule has 0 bridgehead atoms. The molecule has 0 spiro atoms. The van der Waals surface area contributed by atoms with E-state index >= 15 is 0 Å². The fraction of sp³-hybridized carbons (Fsp3) is 0.125. The molecule has 0 fully saturated rings. The Balaban J connectivity index is 2.54. The number of hydrogen-bond donors (Lipinski definition) is 1. The third-order valence-corrected chi connectivity index (χ3v) is 1.80. The van der Waals surface area contributed by atoms with Gasteiger partial charge in [-0.15, -0.1) is 0 Å². The van der Waals surface area contributed by atoms with Gasteiger partial charge < -0.3 is 14.7 Å². The molecule has 0 aliphatic heterocycles. The van der Waals surface area contributed by atoms with E-state index in [-0.39, 0.29) is 11.6 Å². The van der Waals surface area contributed by atoms with E-state index in [1.807, 2.05) is 6.07 Å². The standard InChI is InChI=1S/C8H7N5O/c1-13-4-11-3-6(13)8-12-5(2-9)7(10)14-8/h3-4H,10H2,1H3. The molecule has 70 valence electrons. The molecule has 2 N–H and O–H groups in total. The zero-order valence-electron chi connectivity index (χ0n) is 7.43. The Morgan fingerprint density at radius 2 is 2.43 bits per heavy atom. The van der Waals surface area contributed by atoms with Crippen LogP contribution in [0.25, 0.3) is 11.6 Å². The van der Waals surface area contributed by atoms with Crippen molar-refractivity contribution in [3.05, 3.63) is 18.2 Å². The zero-order valence-corrected chi connectivity index (χ0v) is 7.43. The predicted molar refractivity (Wildman–Crippen MR) is 47.8 cm³/mol. The minimum Gasteiger partial charge on any atom is -0.418 e. The van der Waals surface area contributed by atoms with Crippen molar-refractivity contribution in [3.8, 4) is 17.7 Å². The Labute approximate surface area is 79.6 Å². The van der Waals surface area contributed by atoms with Crippen molar-refractivity contribution >= 4 is 5.88 Å². The van der Waals surface area contributed by atoms with Crippen molar-refractivity contribution in [2.24, 2.45) is 7.05 Å². The summed E-state index contributed by atoms with van der Waals surface area (Å²) in [6.45, 7) is 0. The summed E-state index contributed by atoms with van der Waals surface area (Å²) in [5.74, 6) is 0.336. The van der Waals surface area contributed by atoms with Gasteiger partial charge in [-0.3, -0.25) is 0 Å². The van der Waals surface area contributed by atoms with Gasteiger partial charge in [0.25, 0.3) is 0 Å². The van der Waals surface area contributed by atoms with Gasteiger partial charge in [-0.05, 0) is 0 Å². The Bertz CT molecular complexity index is 504. The van der Waals surface area contributed by atoms with Gasteiger partial charge in [-0.1, -0.05) is 0 Å². The lowest BCUT2D eigenvalue weighted by molar-refractivity contribution is 0.587. The van der Waals surface area contributed by atoms with E-state index < -0.39 is 0 Å². The minimum absolute atomic E-state index is 0.0312. The van der Waals surface area contributed by atoms with Crippen LogP contribution in [0, 0.1) is 11.3 Å². The lowest BCUT2D eigenvalue weighted by Crippen LogP contribution is -1.89. The van der Waals surface area contributed by atoms with Crippen molar-refractivity contribution in [2.45, 2.75) is 0 Å². The van der Waals surface area contributed by atoms with E-state index in [9.17, 15) is 0 Å². The molecule has 2 aromatic heterocycles. The lowest BCUT2D eigenvalue weighted by atomic mass is 10.4. The number of rotatable bonds is 1. The van der Waals surface area contributed by atoms with Gasteiger partial charge in [0.1, 0.15) is 11.8 Å². The highest BCUT2D eigenvalue weighted by Gasteiger charge is 2.13. The zero-order chi connectivity index (χ0) is 10.1. The highest BCUT2D eigenvalue weighted by atomic mass is 16.4. The van der Waals surface area contributed by atoms with Crippen LogP contribution in [0.4, 0.5) is 5.88 Å². The van der Waals surface area contributed by atoms with Gasteiger partial charge in [0.05, 0.1) is 12.5 Å². The van der Waals surface area contributed by atoms with Gasteiger partial charge in [0.2, 0.25) is 17.5 Å². The van der Waals surface area contributed by atoms with Gasteiger partial charge >= 0.3 is 0 Å². The van der Waals surface area contributed by atoms with Crippen LogP contribution in [0.1, 0.15) is 5.69 Å². The third kappa shape index (κ3) is 1.11. The van der Waals surface area contributed by atoms with Crippen LogP contribution in [-0.2, 0) is 7.05 Å². The van der Waals surface area contributed by atoms with Gasteiger partial charge in [-0.25, -0.2) is 4.98 Å². The normalized spacial score (nSPS) is 10.0. The van der Waals surface area contributed by atoms with E-state index in [0.717, 1.165) is 0 Å². The topological polar surface area (TPSA) is 93.7 Å². The highest BCUT2D eigenvalue weighted by molar-refractivity contribution is 5.53. The molecular formula is C8H7N5O. The first-order valence-corrected chi connectivity index (χ1v) is 3.85. The Hall–Kier alpha value is -2.29. The summed E-state index contributed by atoms with van der Waals surface area (Å²) in [4.78, 5) is 7.82. The van der Waals surface area contributed by atoms with E-state index in [2.05, 4.69) is 9.97 Å². The molecule has 0 aliphatic rings. The summed E-state index contributed by atoms with van der Waals surface area (Å²) >= 11 is 0. The molecule has 0 saturated carbocycles. The Morgan fingerprint density at radius 3 is 2.93 bits per heavy atom. The van der Waals surface area contributed by atoms with Crippen LogP contribution in [-0.4, -0.2) is 14.5 Å². The predicted octanol–water partition coefficient (Wildman–Crippen LogP) is 0.529. The van der Waals surface area contributed by atoms with Crippen LogP contribution >= 0.6 is 0 Å². The van der Waals surface area contributed by atoms with Crippen LogP contribution in [0.2, 0.25) is 0 Å². The smallest absolute Gasteiger partial charge is 0.248 e. The molecule has 0 atom stereocenters. The quantitative estimate of drug-likeness (QED) is 0.706. The molecule has 0 saturated heterocycles. The maximum absolute atomic E-state index is 8.62. The molecule has 6 heteroatoms. The lowest BCUT2D eigenvalue weighted by Gasteiger charge is -1.93. The number of oxazole rings is 1. The average molecular weight is 189 g/mol. The molecular weight excluding hydrogens is 182 g/mol. The summed E-state index contributed by atoms with van der Waals surface area (Å²) in [6, 6.07) is 1.84. The SMILES string of the molecule is Cn1cncc1-c1nc(C#N)c(N)o1. The number of nitriles is 1. The number of nitrogens with two attached hydrogens (primary N) is 1. The average Bonchev–Trinajstić information content (AvgIpc) is 2.71. The van der Waals surface area contributed by atoms with Crippen LogP contribution in [0.3, 0.4) is 0 Å². The summed E-state index contributed by atoms with van der Waals surface area (Å²) in [5.41, 5.74) is 6.20. The van der Waals surface area contributed by atoms with Crippen LogP contribution in [0.5, 0.6) is 0 Å². The molecule has 2 aromatic rings. The van der Waals surface area contributed by atoms with E-state index in [0.29, 0.717) is 11.6 Å². The summed E-state index contributed by atoms with van der Waals surface area (Å²) in [6.07, 6.45) is 3.20. The van der Waals surface area contributed by atoms with Crippen molar-refractivity contribution in [2.75, 3.05) is 5.73 Å². The van der Waals surface area contributed by atoms with Gasteiger partial charge in [-0.2, -0.15) is 10.2 Å². The number of aryl methyl sites for hydroxylation is 1. The van der Waals surface area contributed by atoms with Gasteiger partial charge in [0.15, 0.2) is 0 Å². The van der Waals surface area contributed by atoms with Crippen LogP contribution in [0.15, 0.2) is 16.9 Å². The number of nitrogens with zero attached hydrogens (tertiary/aromatic N) is 4. The van der Waals surface area contributed by atoms with E-state index in [1.165, 1.54) is 0 Å². The number of hydrogen-bond acceptors (Lipinski definition) is 5. The fourth-order valence-electron chi connectivity index (χ4n) is 1.08. The van der Waals surface area contributed by atoms with Crippen molar-refractivity contribution in [1.29, 1.82) is 5.26 Å². The first kappa shape index (κ1) is 8.31. The molecule has 0 radical (unpaired) electrons. The van der Waals surface area contributed by atoms with Crippen molar-refractivity contribution in [1.82, 2.24) is 14.5 Å². The van der Waals surface area contributed by atoms with E-state index in [1.54, 1.807) is 24.1 Å². The largest absolute Gasteiger partial charge is 0.418 e. The molecule has 6 nitrogen and oxygen atoms in total. The fourth-order valence-corrected chi connectivity index (χ4v) is 1.08. The number of anilines is 1. The highest BCUT2D eigenvalue weighted by Crippen LogP contribution is 2.21. The van der Waals surface area contributed by atoms with E-state index in [4.69, 9.17) is 15.4 Å². The number of nitrogen functional groups attached to an aromatic ring is 1. The summed E-state index contributed by atoms with van der Waals surface area (Å²) in [5, 5.41) is 8.62. The summed E-state index contributed by atoms with van der Waals surface area (Å²) in [7, 11) is 1.80. The number of imidazole rings is 1. The maximum atomic E-state index is 8.62. The molecule has 0 amide bonds. The Kier molecular flexibility index (Phi) is 1.71. The van der Waals surface area contributed by atoms with Crippen LogP contribution < -0.4 is 5.73 Å². The minimum atomic E-state index is 0.0312. The first-order valence-electron chi connectivity index (χ1n) is 3.85. The first-order chi connectivity index (χ1) is 6.72. The van der Waals surface area contributed by atoms with Crippen molar-refractivity contribution in [3.63, 3.8) is 0 Å². The molecule has 2 rings (SSSR count). The molecule has 2 heterocycles. The maximum Gasteiger partial charge on any atom is 0.248 e. The van der Waals surface area contributed by atoms with Gasteiger partial charge in [0, 0.05) is 7.05 Å². The molecule has 0 aromatic carbocycles. The second kappa shape index (κ2) is 2.88. The number of aromatic nitrogens is 3. The van der Waals surface area contributed by atoms with Crippen molar-refractivity contribution < 1.29 is 4.42 Å². The Morgan fingerprint density at radius 1 is 1.64 bits per heavy atom. The summed E-state index contributed by atoms with van der Waals surface area (Å²) < 4.78 is 6.84. The third-order valence-electron chi connectivity index (χ3n) is 1.80. The molecule has 14 heavy (non-hydrogen) atoms. The monoisotopic (exact) mass is 189 g/mol. The molecule has 0 unspecified atom stereocenters. The second-order valence-electron chi connectivity index (χ2n) is 2.73.